The Kier molecular flexibility index (Phi) is 6.59. The van der Waals surface area contributed by atoms with Crippen molar-refractivity contribution in [1.29, 1.82) is 0 Å². The minimum absolute atomic E-state index is 0.0117. The molecule has 2 aromatic rings. The molecule has 0 spiro atoms. The fourth-order valence-corrected chi connectivity index (χ4v) is 3.69. The molecule has 1 aliphatic rings. The summed E-state index contributed by atoms with van der Waals surface area (Å²) in [7, 11) is 3.00. The first-order valence-electron chi connectivity index (χ1n) is 9.54. The molecule has 31 heavy (non-hydrogen) atoms. The molecule has 0 bridgehead atoms. The quantitative estimate of drug-likeness (QED) is 0.629. The van der Waals surface area contributed by atoms with Gasteiger partial charge in [0.2, 0.25) is 0 Å². The van der Waals surface area contributed by atoms with Crippen LogP contribution in [0.5, 0.6) is 11.5 Å². The summed E-state index contributed by atoms with van der Waals surface area (Å²) in [6.45, 7) is 0.816. The van der Waals surface area contributed by atoms with Crippen molar-refractivity contribution in [2.45, 2.75) is 31.5 Å². The van der Waals surface area contributed by atoms with Gasteiger partial charge in [-0.05, 0) is 24.1 Å². The molecule has 3 rings (SSSR count). The zero-order valence-electron chi connectivity index (χ0n) is 17.0. The van der Waals surface area contributed by atoms with Crippen molar-refractivity contribution in [3.63, 3.8) is 0 Å². The molecular weight excluding hydrogens is 419 g/mol. The Bertz CT molecular complexity index is 1030. The third kappa shape index (κ3) is 5.01. The maximum absolute atomic E-state index is 13.2. The third-order valence-electron chi connectivity index (χ3n) is 5.04. The summed E-state index contributed by atoms with van der Waals surface area (Å²) in [5.74, 6) is -0.762. The van der Waals surface area contributed by atoms with Crippen molar-refractivity contribution in [2.24, 2.45) is 0 Å². The van der Waals surface area contributed by atoms with E-state index in [0.29, 0.717) is 42.3 Å². The van der Waals surface area contributed by atoms with E-state index in [-0.39, 0.29) is 12.1 Å². The molecule has 1 aromatic heterocycles. The first-order valence-corrected chi connectivity index (χ1v) is 9.54. The number of aromatic nitrogens is 1. The predicted molar refractivity (Wildman–Crippen MR) is 105 cm³/mol. The van der Waals surface area contributed by atoms with E-state index in [0.717, 1.165) is 12.3 Å². The van der Waals surface area contributed by atoms with Gasteiger partial charge in [0.05, 0.1) is 25.8 Å². The molecule has 0 unspecified atom stereocenters. The molecule has 1 aromatic carbocycles. The van der Waals surface area contributed by atoms with Crippen molar-refractivity contribution in [3.05, 3.63) is 45.7 Å². The van der Waals surface area contributed by atoms with Crippen LogP contribution in [0.25, 0.3) is 11.3 Å². The summed E-state index contributed by atoms with van der Waals surface area (Å²) in [6.07, 6.45) is -4.05. The topological polar surface area (TPSA) is 87.0 Å². The number of halogens is 3. The van der Waals surface area contributed by atoms with Gasteiger partial charge in [-0.1, -0.05) is 0 Å². The molecule has 7 nitrogen and oxygen atoms in total. The molecule has 1 aliphatic heterocycles. The number of methoxy groups -OCH3 is 2. The Morgan fingerprint density at radius 3 is 2.55 bits per heavy atom. The van der Waals surface area contributed by atoms with Gasteiger partial charge in [-0.3, -0.25) is 4.79 Å². The van der Waals surface area contributed by atoms with Gasteiger partial charge in [-0.25, -0.2) is 4.79 Å². The summed E-state index contributed by atoms with van der Waals surface area (Å²) in [5, 5.41) is 9.24. The first-order chi connectivity index (χ1) is 14.6. The van der Waals surface area contributed by atoms with Gasteiger partial charge in [-0.2, -0.15) is 13.2 Å². The number of rotatable bonds is 8. The van der Waals surface area contributed by atoms with Crippen molar-refractivity contribution in [1.82, 2.24) is 4.57 Å². The lowest BCUT2D eigenvalue weighted by atomic mass is 9.90. The van der Waals surface area contributed by atoms with Crippen molar-refractivity contribution in [3.8, 4) is 22.8 Å². The molecule has 1 atom stereocenters. The predicted octanol–water partition coefficient (Wildman–Crippen LogP) is 3.69. The normalized spacial score (nSPS) is 15.2. The summed E-state index contributed by atoms with van der Waals surface area (Å²) >= 11 is 0. The van der Waals surface area contributed by atoms with Gasteiger partial charge in [0.15, 0.2) is 16.9 Å². The van der Waals surface area contributed by atoms with E-state index >= 15 is 0 Å². The Balaban J connectivity index is 2.11. The minimum atomic E-state index is -4.47. The van der Waals surface area contributed by atoms with E-state index in [1.807, 2.05) is 0 Å². The van der Waals surface area contributed by atoms with Gasteiger partial charge in [-0.15, -0.1) is 0 Å². The van der Waals surface area contributed by atoms with Crippen LogP contribution in [0.15, 0.2) is 29.2 Å². The molecule has 168 valence electrons. The standard InChI is InChI=1S/C21H22F3NO6/c1-29-4-3-5-31-19-7-12-6-13(10-21(22,23)24)25-11-15(20(27)28)17(26)9-16(25)14(12)8-18(19)30-2/h7-9,11,13H,3-6,10H2,1-2H3,(H,27,28)/t13-/m1/s1. The number of carboxylic acids is 1. The number of hydrogen-bond acceptors (Lipinski definition) is 5. The van der Waals surface area contributed by atoms with Crippen LogP contribution >= 0.6 is 0 Å². The SMILES string of the molecule is COCCCOc1cc2c(cc1OC)-c1cc(=O)c(C(=O)O)cn1[C@@H](CC(F)(F)F)C2. The molecule has 0 fully saturated rings. The lowest BCUT2D eigenvalue weighted by Crippen LogP contribution is -2.28. The number of carbonyl (C=O) groups is 1. The van der Waals surface area contributed by atoms with Crippen LogP contribution in [0.4, 0.5) is 13.2 Å². The zero-order chi connectivity index (χ0) is 22.8. The van der Waals surface area contributed by atoms with Crippen LogP contribution in [0, 0.1) is 0 Å². The molecule has 1 N–H and O–H groups in total. The second-order valence-electron chi connectivity index (χ2n) is 7.18. The molecule has 0 aliphatic carbocycles. The van der Waals surface area contributed by atoms with Crippen molar-refractivity contribution < 1.29 is 37.3 Å². The number of nitrogens with zero attached hydrogens (tertiary/aromatic N) is 1. The Labute approximate surface area is 176 Å². The third-order valence-corrected chi connectivity index (χ3v) is 5.04. The number of aromatic carboxylic acids is 1. The van der Waals surface area contributed by atoms with Gasteiger partial charge in [0.25, 0.3) is 0 Å². The second kappa shape index (κ2) is 9.01. The highest BCUT2D eigenvalue weighted by Crippen LogP contribution is 2.43. The summed E-state index contributed by atoms with van der Waals surface area (Å²) in [4.78, 5) is 23.6. The van der Waals surface area contributed by atoms with Crippen LogP contribution in [0.1, 0.15) is 34.8 Å². The average Bonchev–Trinajstić information content (AvgIpc) is 2.69. The molecule has 0 saturated heterocycles. The van der Waals surface area contributed by atoms with E-state index in [1.54, 1.807) is 19.2 Å². The van der Waals surface area contributed by atoms with E-state index < -0.39 is 35.6 Å². The molecule has 10 heteroatoms. The molecule has 2 heterocycles. The summed E-state index contributed by atoms with van der Waals surface area (Å²) < 4.78 is 57.0. The Morgan fingerprint density at radius 1 is 1.19 bits per heavy atom. The number of fused-ring (bicyclic) bond motifs is 3. The van der Waals surface area contributed by atoms with E-state index in [9.17, 15) is 27.9 Å². The lowest BCUT2D eigenvalue weighted by molar-refractivity contribution is -0.142. The summed E-state index contributed by atoms with van der Waals surface area (Å²) in [6, 6.07) is 3.17. The van der Waals surface area contributed by atoms with Crippen LogP contribution in [-0.2, 0) is 11.2 Å². The van der Waals surface area contributed by atoms with Gasteiger partial charge in [0, 0.05) is 44.0 Å². The Hall–Kier alpha value is -3.01. The van der Waals surface area contributed by atoms with Gasteiger partial charge in [0.1, 0.15) is 5.56 Å². The van der Waals surface area contributed by atoms with Gasteiger partial charge < -0.3 is 23.9 Å². The van der Waals surface area contributed by atoms with Gasteiger partial charge >= 0.3 is 12.1 Å². The fraction of sp³-hybridized carbons (Fsp3) is 0.429. The number of ether oxygens (including phenoxy) is 3. The first kappa shape index (κ1) is 22.7. The van der Waals surface area contributed by atoms with Crippen LogP contribution in [0.2, 0.25) is 0 Å². The van der Waals surface area contributed by atoms with Crippen LogP contribution < -0.4 is 14.9 Å². The molecule has 0 saturated carbocycles. The number of pyridine rings is 1. The second-order valence-corrected chi connectivity index (χ2v) is 7.18. The smallest absolute Gasteiger partial charge is 0.391 e. The lowest BCUT2D eigenvalue weighted by Gasteiger charge is -2.32. The largest absolute Gasteiger partial charge is 0.493 e. The summed E-state index contributed by atoms with van der Waals surface area (Å²) in [5.41, 5.74) is -0.108. The monoisotopic (exact) mass is 441 g/mol. The average molecular weight is 441 g/mol. The highest BCUT2D eigenvalue weighted by atomic mass is 19.4. The highest BCUT2D eigenvalue weighted by Gasteiger charge is 2.36. The number of carboxylic acid groups (broad SMARTS) is 1. The zero-order valence-corrected chi connectivity index (χ0v) is 17.0. The van der Waals surface area contributed by atoms with Crippen molar-refractivity contribution >= 4 is 5.97 Å². The van der Waals surface area contributed by atoms with Crippen LogP contribution in [0.3, 0.4) is 0 Å². The fourth-order valence-electron chi connectivity index (χ4n) is 3.69. The number of benzene rings is 1. The maximum Gasteiger partial charge on any atom is 0.391 e. The van der Waals surface area contributed by atoms with Crippen LogP contribution in [-0.4, -0.2) is 49.3 Å². The van der Waals surface area contributed by atoms with Crippen molar-refractivity contribution in [2.75, 3.05) is 27.4 Å². The molecular formula is C21H22F3NO6. The number of alkyl halides is 3. The highest BCUT2D eigenvalue weighted by molar-refractivity contribution is 5.87. The number of hydrogen-bond donors (Lipinski definition) is 1. The minimum Gasteiger partial charge on any atom is -0.493 e. The van der Waals surface area contributed by atoms with E-state index in [2.05, 4.69) is 0 Å². The molecule has 0 radical (unpaired) electrons. The Morgan fingerprint density at radius 2 is 1.94 bits per heavy atom. The maximum atomic E-state index is 13.2. The van der Waals surface area contributed by atoms with E-state index in [1.165, 1.54) is 11.7 Å². The van der Waals surface area contributed by atoms with E-state index in [4.69, 9.17) is 14.2 Å². The molecule has 0 amide bonds.